The number of halogens is 1. The summed E-state index contributed by atoms with van der Waals surface area (Å²) in [6, 6.07) is 2.82. The van der Waals surface area contributed by atoms with E-state index in [1.54, 1.807) is 27.7 Å². The summed E-state index contributed by atoms with van der Waals surface area (Å²) in [5, 5.41) is 13.2. The van der Waals surface area contributed by atoms with Crippen LogP contribution in [0.1, 0.15) is 33.3 Å². The third kappa shape index (κ3) is 6.58. The molecule has 0 aliphatic heterocycles. The molecule has 0 unspecified atom stereocenters. The van der Waals surface area contributed by atoms with Crippen LogP contribution < -0.4 is 5.32 Å². The van der Waals surface area contributed by atoms with Crippen molar-refractivity contribution in [1.82, 2.24) is 5.32 Å². The average Bonchev–Trinajstić information content (AvgIpc) is 2.46. The molecule has 0 aliphatic carbocycles. The molecule has 136 valence electrons. The van der Waals surface area contributed by atoms with E-state index in [0.29, 0.717) is 6.07 Å². The van der Waals surface area contributed by atoms with Crippen molar-refractivity contribution in [2.45, 2.75) is 33.3 Å². The average molecular weight is 354 g/mol. The van der Waals surface area contributed by atoms with Gasteiger partial charge in [0, 0.05) is 0 Å². The largest absolute Gasteiger partial charge is 0.461 e. The predicted octanol–water partition coefficient (Wildman–Crippen LogP) is 3.16. The summed E-state index contributed by atoms with van der Waals surface area (Å²) in [4.78, 5) is 34.1. The van der Waals surface area contributed by atoms with Gasteiger partial charge >= 0.3 is 12.1 Å². The number of nitrogens with zero attached hydrogens (tertiary/aromatic N) is 1. The van der Waals surface area contributed by atoms with E-state index in [4.69, 9.17) is 9.47 Å². The molecule has 1 rings (SSSR count). The van der Waals surface area contributed by atoms with E-state index in [0.717, 1.165) is 18.2 Å². The molecule has 0 radical (unpaired) electrons. The second-order valence-electron chi connectivity index (χ2n) is 5.87. The van der Waals surface area contributed by atoms with E-state index in [2.05, 4.69) is 5.32 Å². The van der Waals surface area contributed by atoms with Gasteiger partial charge in [0.25, 0.3) is 5.69 Å². The molecule has 0 atom stereocenters. The number of rotatable bonds is 5. The van der Waals surface area contributed by atoms with Gasteiger partial charge in [0.05, 0.1) is 23.2 Å². The number of ether oxygens (including phenoxy) is 2. The van der Waals surface area contributed by atoms with Gasteiger partial charge in [-0.25, -0.2) is 14.0 Å². The van der Waals surface area contributed by atoms with E-state index >= 15 is 0 Å². The Kier molecular flexibility index (Phi) is 6.60. The first-order valence-corrected chi connectivity index (χ1v) is 7.36. The smallest absolute Gasteiger partial charge is 0.412 e. The Labute approximate surface area is 143 Å². The van der Waals surface area contributed by atoms with Gasteiger partial charge in [-0.05, 0) is 45.9 Å². The summed E-state index contributed by atoms with van der Waals surface area (Å²) in [7, 11) is 0. The summed E-state index contributed by atoms with van der Waals surface area (Å²) in [5.41, 5.74) is -1.82. The van der Waals surface area contributed by atoms with Crippen molar-refractivity contribution in [2.24, 2.45) is 0 Å². The van der Waals surface area contributed by atoms with Crippen LogP contribution in [0.25, 0.3) is 6.08 Å². The fraction of sp³-hybridized carbons (Fsp3) is 0.375. The fourth-order valence-corrected chi connectivity index (χ4v) is 1.72. The lowest BCUT2D eigenvalue weighted by molar-refractivity contribution is -0.385. The minimum Gasteiger partial charge on any atom is -0.461 e. The summed E-state index contributed by atoms with van der Waals surface area (Å²) >= 11 is 0. The van der Waals surface area contributed by atoms with Crippen molar-refractivity contribution >= 4 is 23.8 Å². The normalized spacial score (nSPS) is 11.6. The Morgan fingerprint density at radius 2 is 2.00 bits per heavy atom. The van der Waals surface area contributed by atoms with Gasteiger partial charge in [-0.1, -0.05) is 0 Å². The molecule has 1 aromatic carbocycles. The highest BCUT2D eigenvalue weighted by atomic mass is 19.1. The third-order valence-electron chi connectivity index (χ3n) is 2.62. The SMILES string of the molecule is CCOC(=O)C(=Cc1ccc(F)cc1[N+](=O)[O-])NC(=O)OC(C)(C)C. The van der Waals surface area contributed by atoms with Gasteiger partial charge in [-0.2, -0.15) is 0 Å². The maximum atomic E-state index is 13.2. The van der Waals surface area contributed by atoms with E-state index in [-0.39, 0.29) is 17.9 Å². The monoisotopic (exact) mass is 354 g/mol. The molecule has 0 aliphatic rings. The van der Waals surface area contributed by atoms with Crippen molar-refractivity contribution in [3.8, 4) is 0 Å². The van der Waals surface area contributed by atoms with Crippen molar-refractivity contribution in [3.63, 3.8) is 0 Å². The molecule has 0 bridgehead atoms. The molecule has 0 saturated carbocycles. The van der Waals surface area contributed by atoms with Gasteiger partial charge in [-0.15, -0.1) is 0 Å². The quantitative estimate of drug-likeness (QED) is 0.377. The molecule has 1 N–H and O–H groups in total. The summed E-state index contributed by atoms with van der Waals surface area (Å²) in [5.74, 6) is -1.71. The first-order chi connectivity index (χ1) is 11.5. The lowest BCUT2D eigenvalue weighted by Crippen LogP contribution is -2.34. The summed E-state index contributed by atoms with van der Waals surface area (Å²) in [6.07, 6.45) is 0.0935. The number of benzene rings is 1. The number of hydrogen-bond donors (Lipinski definition) is 1. The molecule has 1 amide bonds. The molecule has 25 heavy (non-hydrogen) atoms. The van der Waals surface area contributed by atoms with Crippen LogP contribution in [0.3, 0.4) is 0 Å². The number of nitrogens with one attached hydrogen (secondary N) is 1. The van der Waals surface area contributed by atoms with Crippen LogP contribution in [0.15, 0.2) is 23.9 Å². The standard InChI is InChI=1S/C16H19FN2O6/c1-5-24-14(20)12(18-15(21)25-16(2,3)4)8-10-6-7-11(17)9-13(10)19(22)23/h6-9H,5H2,1-4H3,(H,18,21). The molecule has 9 heteroatoms. The number of carbonyl (C=O) groups excluding carboxylic acids is 2. The number of carbonyl (C=O) groups is 2. The van der Waals surface area contributed by atoms with E-state index in [1.807, 2.05) is 0 Å². The molecule has 8 nitrogen and oxygen atoms in total. The molecular weight excluding hydrogens is 335 g/mol. The molecule has 0 saturated heterocycles. The van der Waals surface area contributed by atoms with Crippen LogP contribution in [0.4, 0.5) is 14.9 Å². The van der Waals surface area contributed by atoms with Crippen LogP contribution in [-0.2, 0) is 14.3 Å². The maximum Gasteiger partial charge on any atom is 0.412 e. The van der Waals surface area contributed by atoms with E-state index in [1.165, 1.54) is 0 Å². The Hall–Kier alpha value is -2.97. The Balaban J connectivity index is 3.24. The Morgan fingerprint density at radius 1 is 1.36 bits per heavy atom. The van der Waals surface area contributed by atoms with Crippen molar-refractivity contribution in [1.29, 1.82) is 0 Å². The van der Waals surface area contributed by atoms with Gasteiger partial charge in [0.15, 0.2) is 0 Å². The van der Waals surface area contributed by atoms with Gasteiger partial charge in [0.1, 0.15) is 17.1 Å². The van der Waals surface area contributed by atoms with Gasteiger partial charge in [-0.3, -0.25) is 15.4 Å². The maximum absolute atomic E-state index is 13.2. The predicted molar refractivity (Wildman–Crippen MR) is 87.0 cm³/mol. The number of nitro benzene ring substituents is 1. The summed E-state index contributed by atoms with van der Waals surface area (Å²) in [6.45, 7) is 6.47. The number of esters is 1. The highest BCUT2D eigenvalue weighted by Gasteiger charge is 2.22. The lowest BCUT2D eigenvalue weighted by Gasteiger charge is -2.20. The van der Waals surface area contributed by atoms with Crippen molar-refractivity contribution in [2.75, 3.05) is 6.61 Å². The Morgan fingerprint density at radius 3 is 2.52 bits per heavy atom. The van der Waals surface area contributed by atoms with Crippen molar-refractivity contribution < 1.29 is 28.4 Å². The molecule has 0 fully saturated rings. The van der Waals surface area contributed by atoms with Crippen LogP contribution in [0.5, 0.6) is 0 Å². The second kappa shape index (κ2) is 8.22. The number of alkyl carbamates (subject to hydrolysis) is 1. The fourth-order valence-electron chi connectivity index (χ4n) is 1.72. The molecule has 0 aromatic heterocycles. The molecule has 0 heterocycles. The minimum absolute atomic E-state index is 0.0255. The third-order valence-corrected chi connectivity index (χ3v) is 2.62. The topological polar surface area (TPSA) is 108 Å². The highest BCUT2D eigenvalue weighted by Crippen LogP contribution is 2.22. The number of nitro groups is 1. The number of amides is 1. The second-order valence-corrected chi connectivity index (χ2v) is 5.87. The number of hydrogen-bond acceptors (Lipinski definition) is 6. The Bertz CT molecular complexity index is 709. The lowest BCUT2D eigenvalue weighted by atomic mass is 10.1. The minimum atomic E-state index is -0.934. The molecule has 1 aromatic rings. The van der Waals surface area contributed by atoms with Crippen molar-refractivity contribution in [3.05, 3.63) is 45.4 Å². The zero-order chi connectivity index (χ0) is 19.2. The van der Waals surface area contributed by atoms with Crippen LogP contribution in [-0.4, -0.2) is 29.2 Å². The molecule has 0 spiro atoms. The van der Waals surface area contributed by atoms with E-state index in [9.17, 15) is 24.1 Å². The van der Waals surface area contributed by atoms with Gasteiger partial charge in [0.2, 0.25) is 0 Å². The zero-order valence-corrected chi connectivity index (χ0v) is 14.3. The van der Waals surface area contributed by atoms with Crippen LogP contribution in [0, 0.1) is 15.9 Å². The van der Waals surface area contributed by atoms with Crippen LogP contribution >= 0.6 is 0 Å². The van der Waals surface area contributed by atoms with E-state index < -0.39 is 34.1 Å². The zero-order valence-electron chi connectivity index (χ0n) is 14.3. The summed E-state index contributed by atoms with van der Waals surface area (Å²) < 4.78 is 23.1. The van der Waals surface area contributed by atoms with Gasteiger partial charge < -0.3 is 9.47 Å². The first kappa shape index (κ1) is 20.1. The molecular formula is C16H19FN2O6. The van der Waals surface area contributed by atoms with Crippen LogP contribution in [0.2, 0.25) is 0 Å². The highest BCUT2D eigenvalue weighted by molar-refractivity contribution is 5.97. The first-order valence-electron chi connectivity index (χ1n) is 7.36.